The Balaban J connectivity index is 1.08. The van der Waals surface area contributed by atoms with E-state index in [0.29, 0.717) is 16.7 Å². The molecule has 1 aliphatic carbocycles. The van der Waals surface area contributed by atoms with Gasteiger partial charge in [0.1, 0.15) is 17.6 Å². The molecule has 0 bridgehead atoms. The molecule has 2 unspecified atom stereocenters. The van der Waals surface area contributed by atoms with Gasteiger partial charge in [-0.25, -0.2) is 4.79 Å². The summed E-state index contributed by atoms with van der Waals surface area (Å²) in [6.07, 6.45) is 2.48. The predicted octanol–water partition coefficient (Wildman–Crippen LogP) is 5.19. The van der Waals surface area contributed by atoms with Crippen molar-refractivity contribution in [3.05, 3.63) is 77.9 Å². The van der Waals surface area contributed by atoms with Crippen molar-refractivity contribution < 1.29 is 28.8 Å². The van der Waals surface area contributed by atoms with Gasteiger partial charge in [-0.15, -0.1) is 16.9 Å². The Bertz CT molecular complexity index is 1760. The smallest absolute Gasteiger partial charge is 0.432 e. The highest BCUT2D eigenvalue weighted by Crippen LogP contribution is 2.45. The molecule has 1 aliphatic heterocycles. The van der Waals surface area contributed by atoms with E-state index in [1.807, 2.05) is 48.5 Å². The molecule has 2 aliphatic rings. The molecular weight excluding hydrogens is 594 g/mol. The van der Waals surface area contributed by atoms with E-state index in [1.165, 1.54) is 16.7 Å². The Labute approximate surface area is 264 Å². The molecule has 3 amide bonds. The molecule has 0 radical (unpaired) electrons. The van der Waals surface area contributed by atoms with Gasteiger partial charge in [-0.05, 0) is 63.9 Å². The highest BCUT2D eigenvalue weighted by atomic mass is 32.2. The molecule has 1 fully saturated rings. The third kappa shape index (κ3) is 6.56. The number of carbonyl (C=O) groups excluding carboxylic acids is 4. The first-order chi connectivity index (χ1) is 21.9. The standard InChI is InChI=1S/C33H33N5O6S/c1-2-3-8-17-45-29-19-31(40)37(32(29)41)16-15-30(39)34-21-13-14-24-22-9-4-5-10-23(22)26(25(24)18-21)20-43-33(42)44-38-28-12-7-6-11-27(28)35-36-38/h4-7,9-14,18,26,29H,2-3,8,15-17,19-20H2,1H3,(H,34,39). The number of fused-ring (bicyclic) bond motifs is 4. The molecule has 12 heteroatoms. The lowest BCUT2D eigenvalue weighted by atomic mass is 9.97. The minimum absolute atomic E-state index is 0.00262. The van der Waals surface area contributed by atoms with Crippen molar-refractivity contribution in [2.24, 2.45) is 0 Å². The van der Waals surface area contributed by atoms with E-state index in [4.69, 9.17) is 9.57 Å². The molecular formula is C33H33N5O6S. The van der Waals surface area contributed by atoms with Gasteiger partial charge < -0.3 is 10.1 Å². The zero-order valence-corrected chi connectivity index (χ0v) is 25.6. The van der Waals surface area contributed by atoms with Crippen LogP contribution < -0.4 is 10.2 Å². The van der Waals surface area contributed by atoms with Crippen LogP contribution in [0.3, 0.4) is 0 Å². The number of anilines is 1. The van der Waals surface area contributed by atoms with Gasteiger partial charge in [-0.1, -0.05) is 67.1 Å². The molecule has 0 saturated carbocycles. The summed E-state index contributed by atoms with van der Waals surface area (Å²) >= 11 is 1.53. The molecule has 1 aromatic heterocycles. The van der Waals surface area contributed by atoms with Crippen LogP contribution in [0.5, 0.6) is 0 Å². The zero-order chi connectivity index (χ0) is 31.3. The molecule has 6 rings (SSSR count). The van der Waals surface area contributed by atoms with Gasteiger partial charge in [0.2, 0.25) is 17.7 Å². The van der Waals surface area contributed by atoms with Crippen LogP contribution in [-0.4, -0.2) is 68.1 Å². The molecule has 3 aromatic carbocycles. The highest BCUT2D eigenvalue weighted by molar-refractivity contribution is 8.00. The number of likely N-dealkylation sites (tertiary alicyclic amines) is 1. The number of benzene rings is 3. The number of thioether (sulfide) groups is 1. The van der Waals surface area contributed by atoms with Crippen LogP contribution >= 0.6 is 11.8 Å². The van der Waals surface area contributed by atoms with Crippen molar-refractivity contribution in [2.75, 3.05) is 24.2 Å². The molecule has 2 heterocycles. The van der Waals surface area contributed by atoms with E-state index >= 15 is 0 Å². The Kier molecular flexibility index (Phi) is 9.11. The van der Waals surface area contributed by atoms with E-state index < -0.39 is 6.16 Å². The second-order valence-corrected chi connectivity index (χ2v) is 12.3. The van der Waals surface area contributed by atoms with Gasteiger partial charge in [0.25, 0.3) is 0 Å². The Morgan fingerprint density at radius 1 is 1.00 bits per heavy atom. The maximum absolute atomic E-state index is 12.9. The van der Waals surface area contributed by atoms with Crippen molar-refractivity contribution in [3.63, 3.8) is 0 Å². The summed E-state index contributed by atoms with van der Waals surface area (Å²) < 4.78 is 5.54. The van der Waals surface area contributed by atoms with Crippen LogP contribution in [0, 0.1) is 0 Å². The lowest BCUT2D eigenvalue weighted by Gasteiger charge is -2.16. The van der Waals surface area contributed by atoms with Crippen molar-refractivity contribution >= 4 is 52.4 Å². The SMILES string of the molecule is CCCCCSC1CC(=O)N(CCC(=O)Nc2ccc3c(c2)C(COC(=O)On2nnc4ccccc42)c2ccccc2-3)C1=O. The second kappa shape index (κ2) is 13.5. The highest BCUT2D eigenvalue weighted by Gasteiger charge is 2.38. The quantitative estimate of drug-likeness (QED) is 0.0975. The number of hydrogen-bond donors (Lipinski definition) is 1. The van der Waals surface area contributed by atoms with Crippen LogP contribution in [0.4, 0.5) is 10.5 Å². The van der Waals surface area contributed by atoms with Gasteiger partial charge in [0.05, 0.1) is 5.25 Å². The molecule has 1 N–H and O–H groups in total. The van der Waals surface area contributed by atoms with Gasteiger partial charge in [-0.2, -0.15) is 0 Å². The van der Waals surface area contributed by atoms with E-state index in [9.17, 15) is 19.2 Å². The first kappa shape index (κ1) is 30.3. The van der Waals surface area contributed by atoms with Crippen LogP contribution in [-0.2, 0) is 19.1 Å². The van der Waals surface area contributed by atoms with E-state index in [2.05, 4.69) is 22.6 Å². The largest absolute Gasteiger partial charge is 0.535 e. The molecule has 2 atom stereocenters. The number of imide groups is 1. The van der Waals surface area contributed by atoms with Gasteiger partial charge in [0, 0.05) is 31.0 Å². The first-order valence-corrected chi connectivity index (χ1v) is 16.1. The number of hydrogen-bond acceptors (Lipinski definition) is 9. The summed E-state index contributed by atoms with van der Waals surface area (Å²) in [6, 6.07) is 20.6. The number of para-hydroxylation sites is 1. The number of rotatable bonds is 12. The van der Waals surface area contributed by atoms with Gasteiger partial charge in [0.15, 0.2) is 0 Å². The minimum atomic E-state index is -0.923. The summed E-state index contributed by atoms with van der Waals surface area (Å²) in [5, 5.41) is 10.4. The number of nitrogens with one attached hydrogen (secondary N) is 1. The lowest BCUT2D eigenvalue weighted by molar-refractivity contribution is -0.138. The number of nitrogens with zero attached hydrogens (tertiary/aromatic N) is 4. The van der Waals surface area contributed by atoms with Gasteiger partial charge in [-0.3, -0.25) is 24.1 Å². The lowest BCUT2D eigenvalue weighted by Crippen LogP contribution is -2.34. The topological polar surface area (TPSA) is 133 Å². The number of amides is 3. The molecule has 1 saturated heterocycles. The minimum Gasteiger partial charge on any atom is -0.432 e. The van der Waals surface area contributed by atoms with E-state index in [1.54, 1.807) is 18.2 Å². The zero-order valence-electron chi connectivity index (χ0n) is 24.8. The molecule has 45 heavy (non-hydrogen) atoms. The number of unbranched alkanes of at least 4 members (excludes halogenated alkanes) is 2. The fraction of sp³-hybridized carbons (Fsp3) is 0.333. The predicted molar refractivity (Wildman–Crippen MR) is 170 cm³/mol. The van der Waals surface area contributed by atoms with Crippen LogP contribution in [0.1, 0.15) is 56.1 Å². The molecule has 0 spiro atoms. The molecule has 4 aromatic rings. The van der Waals surface area contributed by atoms with E-state index in [-0.39, 0.29) is 54.9 Å². The maximum atomic E-state index is 12.9. The van der Waals surface area contributed by atoms with Gasteiger partial charge >= 0.3 is 6.16 Å². The monoisotopic (exact) mass is 627 g/mol. The summed E-state index contributed by atoms with van der Waals surface area (Å²) in [7, 11) is 0. The fourth-order valence-corrected chi connectivity index (χ4v) is 6.95. The average Bonchev–Trinajstić information content (AvgIpc) is 3.68. The first-order valence-electron chi connectivity index (χ1n) is 15.1. The van der Waals surface area contributed by atoms with Crippen LogP contribution in [0.15, 0.2) is 66.7 Å². The van der Waals surface area contributed by atoms with Crippen molar-refractivity contribution in [3.8, 4) is 11.1 Å². The van der Waals surface area contributed by atoms with Crippen LogP contribution in [0.2, 0.25) is 0 Å². The molecule has 232 valence electrons. The summed E-state index contributed by atoms with van der Waals surface area (Å²) in [6.45, 7) is 2.17. The fourth-order valence-electron chi connectivity index (χ4n) is 5.76. The number of ether oxygens (including phenoxy) is 1. The van der Waals surface area contributed by atoms with Crippen LogP contribution in [0.25, 0.3) is 22.2 Å². The third-order valence-electron chi connectivity index (χ3n) is 8.02. The van der Waals surface area contributed by atoms with Crippen molar-refractivity contribution in [1.29, 1.82) is 0 Å². The average molecular weight is 628 g/mol. The third-order valence-corrected chi connectivity index (χ3v) is 9.31. The van der Waals surface area contributed by atoms with E-state index in [0.717, 1.165) is 52.1 Å². The molecule has 11 nitrogen and oxygen atoms in total. The maximum Gasteiger partial charge on any atom is 0.535 e. The van der Waals surface area contributed by atoms with Crippen molar-refractivity contribution in [2.45, 2.75) is 50.2 Å². The number of carbonyl (C=O) groups is 4. The Hall–Kier alpha value is -4.71. The number of aromatic nitrogens is 3. The second-order valence-electron chi connectivity index (χ2n) is 11.0. The van der Waals surface area contributed by atoms with Crippen molar-refractivity contribution in [1.82, 2.24) is 20.1 Å². The summed E-state index contributed by atoms with van der Waals surface area (Å²) in [4.78, 5) is 58.3. The normalized spacial score (nSPS) is 17.0. The Morgan fingerprint density at radius 2 is 1.80 bits per heavy atom. The summed E-state index contributed by atoms with van der Waals surface area (Å²) in [5.74, 6) is -0.182. The Morgan fingerprint density at radius 3 is 2.67 bits per heavy atom. The summed E-state index contributed by atoms with van der Waals surface area (Å²) in [5.41, 5.74) is 5.55.